The lowest BCUT2D eigenvalue weighted by molar-refractivity contribution is -0.0538. The third-order valence-corrected chi connectivity index (χ3v) is 4.78. The molecule has 4 rings (SSSR count). The van der Waals surface area contributed by atoms with Crippen LogP contribution in [0.25, 0.3) is 0 Å². The summed E-state index contributed by atoms with van der Waals surface area (Å²) in [6.45, 7) is 3.26. The van der Waals surface area contributed by atoms with Gasteiger partial charge in [0.25, 0.3) is 5.88 Å². The number of rotatable bonds is 4. The molecule has 2 aliphatic heterocycles. The molecule has 5 nitrogen and oxygen atoms in total. The molecule has 2 fully saturated rings. The van der Waals surface area contributed by atoms with E-state index in [0.29, 0.717) is 6.61 Å². The highest BCUT2D eigenvalue weighted by atomic mass is 19.1. The van der Waals surface area contributed by atoms with Crippen LogP contribution in [-0.4, -0.2) is 41.3 Å². The molecule has 2 saturated heterocycles. The normalized spacial score (nSPS) is 27.6. The van der Waals surface area contributed by atoms with Crippen molar-refractivity contribution in [3.63, 3.8) is 0 Å². The highest BCUT2D eigenvalue weighted by molar-refractivity contribution is 5.14. The molecule has 24 heavy (non-hydrogen) atoms. The van der Waals surface area contributed by atoms with Crippen LogP contribution in [-0.2, 0) is 11.3 Å². The first-order chi connectivity index (χ1) is 11.7. The van der Waals surface area contributed by atoms with Gasteiger partial charge in [-0.05, 0) is 37.6 Å². The fraction of sp³-hybridized carbons (Fsp3) is 0.500. The van der Waals surface area contributed by atoms with E-state index >= 15 is 0 Å². The summed E-state index contributed by atoms with van der Waals surface area (Å²) in [5.74, 6) is -0.363. The molecule has 6 heteroatoms. The van der Waals surface area contributed by atoms with Crippen LogP contribution in [0.1, 0.15) is 24.8 Å². The minimum absolute atomic E-state index is 0.0641. The number of pyridine rings is 1. The van der Waals surface area contributed by atoms with Crippen molar-refractivity contribution < 1.29 is 18.3 Å². The standard InChI is InChI=1S/C18H21FN2O3/c19-16-3-1-6-20-17(16)24-15-9-18(23-12-15)5-2-7-21(13-18)10-14-4-8-22-11-14/h1,3-4,6,8,11,15H,2,5,7,9-10,12-13H2/t15-,18-/m0/s1. The minimum Gasteiger partial charge on any atom is -0.472 e. The second kappa shape index (κ2) is 6.53. The van der Waals surface area contributed by atoms with Gasteiger partial charge in [-0.1, -0.05) is 0 Å². The smallest absolute Gasteiger partial charge is 0.250 e. The Kier molecular flexibility index (Phi) is 4.24. The monoisotopic (exact) mass is 332 g/mol. The van der Waals surface area contributed by atoms with E-state index in [0.717, 1.165) is 38.9 Å². The van der Waals surface area contributed by atoms with Crippen molar-refractivity contribution in [2.24, 2.45) is 0 Å². The summed E-state index contributed by atoms with van der Waals surface area (Å²) in [5, 5.41) is 0. The van der Waals surface area contributed by atoms with Gasteiger partial charge in [-0.25, -0.2) is 9.37 Å². The highest BCUT2D eigenvalue weighted by Crippen LogP contribution is 2.36. The SMILES string of the molecule is Fc1cccnc1O[C@@H]1CO[C@@]2(CCCN(Cc3ccoc3)C2)C1. The van der Waals surface area contributed by atoms with Crippen LogP contribution < -0.4 is 4.74 Å². The van der Waals surface area contributed by atoms with Crippen LogP contribution >= 0.6 is 0 Å². The van der Waals surface area contributed by atoms with Gasteiger partial charge in [0.1, 0.15) is 6.10 Å². The molecule has 0 amide bonds. The van der Waals surface area contributed by atoms with E-state index in [1.54, 1.807) is 18.6 Å². The lowest BCUT2D eigenvalue weighted by Crippen LogP contribution is -2.47. The maximum absolute atomic E-state index is 13.7. The van der Waals surface area contributed by atoms with Crippen molar-refractivity contribution in [1.29, 1.82) is 0 Å². The van der Waals surface area contributed by atoms with Crippen LogP contribution in [0.5, 0.6) is 5.88 Å². The summed E-state index contributed by atoms with van der Waals surface area (Å²) in [4.78, 5) is 6.35. The topological polar surface area (TPSA) is 47.7 Å². The number of nitrogens with zero attached hydrogens (tertiary/aromatic N) is 2. The summed E-state index contributed by atoms with van der Waals surface area (Å²) in [5.41, 5.74) is 0.978. The van der Waals surface area contributed by atoms with Gasteiger partial charge in [0.05, 0.1) is 24.7 Å². The quantitative estimate of drug-likeness (QED) is 0.861. The van der Waals surface area contributed by atoms with Crippen molar-refractivity contribution in [1.82, 2.24) is 9.88 Å². The van der Waals surface area contributed by atoms with Crippen LogP contribution in [0.15, 0.2) is 41.3 Å². The van der Waals surface area contributed by atoms with E-state index in [9.17, 15) is 4.39 Å². The van der Waals surface area contributed by atoms with Gasteiger partial charge in [-0.3, -0.25) is 4.90 Å². The number of halogens is 1. The van der Waals surface area contributed by atoms with Crippen LogP contribution in [0.3, 0.4) is 0 Å². The molecule has 2 aliphatic rings. The predicted octanol–water partition coefficient (Wildman–Crippen LogP) is 3.02. The van der Waals surface area contributed by atoms with Crippen LogP contribution in [0.2, 0.25) is 0 Å². The molecule has 0 unspecified atom stereocenters. The van der Waals surface area contributed by atoms with Crippen molar-refractivity contribution in [2.75, 3.05) is 19.7 Å². The Balaban J connectivity index is 1.38. The first-order valence-corrected chi connectivity index (χ1v) is 8.37. The van der Waals surface area contributed by atoms with E-state index in [1.165, 1.54) is 17.8 Å². The zero-order valence-corrected chi connectivity index (χ0v) is 13.5. The predicted molar refractivity (Wildman–Crippen MR) is 85.1 cm³/mol. The molecule has 2 aromatic heterocycles. The number of hydrogen-bond donors (Lipinski definition) is 0. The summed E-state index contributed by atoms with van der Waals surface area (Å²) < 4.78 is 30.7. The number of aromatic nitrogens is 1. The largest absolute Gasteiger partial charge is 0.472 e. The molecular weight excluding hydrogens is 311 g/mol. The molecule has 128 valence electrons. The van der Waals surface area contributed by atoms with E-state index in [1.807, 2.05) is 6.07 Å². The molecule has 2 atom stereocenters. The first kappa shape index (κ1) is 15.6. The average Bonchev–Trinajstić information content (AvgIpc) is 3.21. The van der Waals surface area contributed by atoms with Gasteiger partial charge in [0, 0.05) is 31.3 Å². The molecule has 0 radical (unpaired) electrons. The van der Waals surface area contributed by atoms with Crippen molar-refractivity contribution in [3.05, 3.63) is 48.3 Å². The van der Waals surface area contributed by atoms with Gasteiger partial charge in [0.2, 0.25) is 0 Å². The summed E-state index contributed by atoms with van der Waals surface area (Å²) >= 11 is 0. The maximum atomic E-state index is 13.7. The number of hydrogen-bond acceptors (Lipinski definition) is 5. The minimum atomic E-state index is -0.427. The average molecular weight is 332 g/mol. The van der Waals surface area contributed by atoms with Gasteiger partial charge in [-0.2, -0.15) is 0 Å². The molecule has 0 N–H and O–H groups in total. The Morgan fingerprint density at radius 2 is 2.38 bits per heavy atom. The fourth-order valence-electron chi connectivity index (χ4n) is 3.74. The molecule has 4 heterocycles. The van der Waals surface area contributed by atoms with Crippen LogP contribution in [0.4, 0.5) is 4.39 Å². The van der Waals surface area contributed by atoms with Crippen molar-refractivity contribution >= 4 is 0 Å². The number of furan rings is 1. The molecule has 1 spiro atoms. The lowest BCUT2D eigenvalue weighted by Gasteiger charge is -2.39. The second-order valence-electron chi connectivity index (χ2n) is 6.67. The van der Waals surface area contributed by atoms with E-state index < -0.39 is 5.82 Å². The molecule has 0 aliphatic carbocycles. The van der Waals surface area contributed by atoms with Crippen molar-refractivity contribution in [2.45, 2.75) is 37.5 Å². The van der Waals surface area contributed by atoms with Crippen molar-refractivity contribution in [3.8, 4) is 5.88 Å². The van der Waals surface area contributed by atoms with Crippen LogP contribution in [0, 0.1) is 5.82 Å². The first-order valence-electron chi connectivity index (χ1n) is 8.37. The maximum Gasteiger partial charge on any atom is 0.250 e. The van der Waals surface area contributed by atoms with E-state index in [-0.39, 0.29) is 17.6 Å². The Morgan fingerprint density at radius 1 is 1.42 bits per heavy atom. The van der Waals surface area contributed by atoms with Gasteiger partial charge >= 0.3 is 0 Å². The Labute approximate surface area is 140 Å². The Bertz CT molecular complexity index is 679. The number of likely N-dealkylation sites (tertiary alicyclic amines) is 1. The number of piperidine rings is 1. The Morgan fingerprint density at radius 3 is 3.21 bits per heavy atom. The summed E-state index contributed by atoms with van der Waals surface area (Å²) in [7, 11) is 0. The molecular formula is C18H21FN2O3. The molecule has 0 aromatic carbocycles. The summed E-state index contributed by atoms with van der Waals surface area (Å²) in [6, 6.07) is 4.91. The molecule has 2 aromatic rings. The third-order valence-electron chi connectivity index (χ3n) is 4.78. The van der Waals surface area contributed by atoms with Gasteiger partial charge in [0.15, 0.2) is 5.82 Å². The Hall–Kier alpha value is -1.92. The lowest BCUT2D eigenvalue weighted by atomic mass is 9.89. The molecule has 0 saturated carbocycles. The second-order valence-corrected chi connectivity index (χ2v) is 6.67. The zero-order chi connectivity index (χ0) is 16.4. The zero-order valence-electron chi connectivity index (χ0n) is 13.5. The number of ether oxygens (including phenoxy) is 2. The van der Waals surface area contributed by atoms with Gasteiger partial charge in [-0.15, -0.1) is 0 Å². The molecule has 0 bridgehead atoms. The summed E-state index contributed by atoms with van der Waals surface area (Å²) in [6.07, 6.45) is 7.74. The highest BCUT2D eigenvalue weighted by Gasteiger charge is 2.44. The third kappa shape index (κ3) is 3.30. The van der Waals surface area contributed by atoms with E-state index in [4.69, 9.17) is 13.9 Å². The fourth-order valence-corrected chi connectivity index (χ4v) is 3.74. The van der Waals surface area contributed by atoms with E-state index in [2.05, 4.69) is 9.88 Å². The van der Waals surface area contributed by atoms with Gasteiger partial charge < -0.3 is 13.9 Å².